The van der Waals surface area contributed by atoms with Crippen molar-refractivity contribution in [3.63, 3.8) is 0 Å². The Kier molecular flexibility index (Phi) is 4.02. The SMILES string of the molecule is O=C(Cc1cccc(S(=O)(=O)CC2CC2)c1)OCC1CC1. The van der Waals surface area contributed by atoms with Gasteiger partial charge in [0.05, 0.1) is 23.7 Å². The number of esters is 1. The highest BCUT2D eigenvalue weighted by Crippen LogP contribution is 2.32. The number of carbonyl (C=O) groups is 1. The van der Waals surface area contributed by atoms with Crippen LogP contribution in [-0.4, -0.2) is 26.7 Å². The second-order valence-electron chi connectivity index (χ2n) is 6.18. The van der Waals surface area contributed by atoms with Crippen LogP contribution in [0.2, 0.25) is 0 Å². The molecular weight excluding hydrogens is 288 g/mol. The Bertz CT molecular complexity index is 627. The summed E-state index contributed by atoms with van der Waals surface area (Å²) >= 11 is 0. The number of hydrogen-bond acceptors (Lipinski definition) is 4. The fourth-order valence-corrected chi connectivity index (χ4v) is 4.02. The first-order chi connectivity index (χ1) is 10.0. The number of hydrogen-bond donors (Lipinski definition) is 0. The van der Waals surface area contributed by atoms with E-state index in [2.05, 4.69) is 0 Å². The lowest BCUT2D eigenvalue weighted by atomic mass is 10.1. The molecule has 0 heterocycles. The summed E-state index contributed by atoms with van der Waals surface area (Å²) in [6.07, 6.45) is 4.43. The minimum atomic E-state index is -3.22. The first-order valence-electron chi connectivity index (χ1n) is 7.50. The first kappa shape index (κ1) is 14.6. The molecule has 0 bridgehead atoms. The minimum absolute atomic E-state index is 0.138. The predicted molar refractivity (Wildman–Crippen MR) is 78.6 cm³/mol. The van der Waals surface area contributed by atoms with E-state index in [1.807, 2.05) is 0 Å². The molecule has 0 spiro atoms. The predicted octanol–water partition coefficient (Wildman–Crippen LogP) is 2.37. The van der Waals surface area contributed by atoms with Crippen LogP contribution in [0.25, 0.3) is 0 Å². The lowest BCUT2D eigenvalue weighted by Crippen LogP contribution is -2.12. The number of carbonyl (C=O) groups excluding carboxylic acids is 1. The zero-order chi connectivity index (χ0) is 14.9. The largest absolute Gasteiger partial charge is 0.465 e. The molecule has 0 aliphatic heterocycles. The lowest BCUT2D eigenvalue weighted by Gasteiger charge is -2.07. The molecule has 21 heavy (non-hydrogen) atoms. The molecule has 0 atom stereocenters. The van der Waals surface area contributed by atoms with E-state index in [1.165, 1.54) is 0 Å². The Labute approximate surface area is 125 Å². The van der Waals surface area contributed by atoms with Crippen LogP contribution in [0.4, 0.5) is 0 Å². The number of benzene rings is 1. The van der Waals surface area contributed by atoms with E-state index in [0.29, 0.717) is 28.9 Å². The zero-order valence-corrected chi connectivity index (χ0v) is 12.8. The maximum Gasteiger partial charge on any atom is 0.310 e. The van der Waals surface area contributed by atoms with Gasteiger partial charge in [0, 0.05) is 0 Å². The molecule has 0 radical (unpaired) electrons. The number of sulfone groups is 1. The highest BCUT2D eigenvalue weighted by atomic mass is 32.2. The van der Waals surface area contributed by atoms with Crippen LogP contribution >= 0.6 is 0 Å². The summed E-state index contributed by atoms with van der Waals surface area (Å²) in [5, 5.41) is 0. The Balaban J connectivity index is 1.62. The molecule has 114 valence electrons. The van der Waals surface area contributed by atoms with Crippen molar-refractivity contribution >= 4 is 15.8 Å². The van der Waals surface area contributed by atoms with Gasteiger partial charge in [-0.05, 0) is 55.2 Å². The van der Waals surface area contributed by atoms with Crippen LogP contribution in [0.1, 0.15) is 31.2 Å². The van der Waals surface area contributed by atoms with Gasteiger partial charge >= 0.3 is 5.97 Å². The van der Waals surface area contributed by atoms with Crippen molar-refractivity contribution in [1.82, 2.24) is 0 Å². The third kappa shape index (κ3) is 4.30. The van der Waals surface area contributed by atoms with E-state index in [0.717, 1.165) is 25.7 Å². The topological polar surface area (TPSA) is 60.4 Å². The molecule has 0 saturated heterocycles. The number of rotatable bonds is 7. The molecule has 0 amide bonds. The van der Waals surface area contributed by atoms with Gasteiger partial charge in [-0.3, -0.25) is 4.79 Å². The normalized spacial score (nSPS) is 18.5. The molecule has 0 aromatic heterocycles. The van der Waals surface area contributed by atoms with E-state index in [-0.39, 0.29) is 18.1 Å². The molecule has 5 heteroatoms. The molecule has 0 N–H and O–H groups in total. The van der Waals surface area contributed by atoms with Gasteiger partial charge in [-0.1, -0.05) is 12.1 Å². The highest BCUT2D eigenvalue weighted by molar-refractivity contribution is 7.91. The summed E-state index contributed by atoms with van der Waals surface area (Å²) in [6, 6.07) is 6.69. The van der Waals surface area contributed by atoms with Crippen molar-refractivity contribution in [2.75, 3.05) is 12.4 Å². The van der Waals surface area contributed by atoms with E-state index in [1.54, 1.807) is 24.3 Å². The van der Waals surface area contributed by atoms with Crippen molar-refractivity contribution < 1.29 is 17.9 Å². The smallest absolute Gasteiger partial charge is 0.310 e. The molecule has 2 aliphatic rings. The summed E-state index contributed by atoms with van der Waals surface area (Å²) in [7, 11) is -3.22. The quantitative estimate of drug-likeness (QED) is 0.726. The highest BCUT2D eigenvalue weighted by Gasteiger charge is 2.29. The summed E-state index contributed by atoms with van der Waals surface area (Å²) in [4.78, 5) is 12.0. The molecular formula is C16H20O4S. The average Bonchev–Trinajstić information content (AvgIpc) is 3.32. The van der Waals surface area contributed by atoms with Crippen molar-refractivity contribution in [3.05, 3.63) is 29.8 Å². The molecule has 3 rings (SSSR count). The van der Waals surface area contributed by atoms with Gasteiger partial charge in [0.1, 0.15) is 0 Å². The van der Waals surface area contributed by atoms with E-state index < -0.39 is 9.84 Å². The Hall–Kier alpha value is -1.36. The van der Waals surface area contributed by atoms with Crippen molar-refractivity contribution in [3.8, 4) is 0 Å². The van der Waals surface area contributed by atoms with Gasteiger partial charge < -0.3 is 4.74 Å². The van der Waals surface area contributed by atoms with Gasteiger partial charge in [-0.15, -0.1) is 0 Å². The van der Waals surface area contributed by atoms with Crippen LogP contribution in [-0.2, 0) is 25.8 Å². The second-order valence-corrected chi connectivity index (χ2v) is 8.21. The second kappa shape index (κ2) is 5.79. The molecule has 0 unspecified atom stereocenters. The summed E-state index contributed by atoms with van der Waals surface area (Å²) in [6.45, 7) is 0.499. The van der Waals surface area contributed by atoms with Crippen molar-refractivity contribution in [2.24, 2.45) is 11.8 Å². The van der Waals surface area contributed by atoms with Crippen LogP contribution in [0.5, 0.6) is 0 Å². The molecule has 4 nitrogen and oxygen atoms in total. The van der Waals surface area contributed by atoms with Crippen LogP contribution in [0.15, 0.2) is 29.2 Å². The van der Waals surface area contributed by atoms with E-state index in [9.17, 15) is 13.2 Å². The van der Waals surface area contributed by atoms with Gasteiger partial charge in [-0.25, -0.2) is 8.42 Å². The molecule has 2 fully saturated rings. The molecule has 2 aliphatic carbocycles. The lowest BCUT2D eigenvalue weighted by molar-refractivity contribution is -0.143. The van der Waals surface area contributed by atoms with Crippen LogP contribution in [0, 0.1) is 11.8 Å². The van der Waals surface area contributed by atoms with Crippen molar-refractivity contribution in [2.45, 2.75) is 37.0 Å². The van der Waals surface area contributed by atoms with Crippen LogP contribution < -0.4 is 0 Å². The monoisotopic (exact) mass is 308 g/mol. The summed E-state index contributed by atoms with van der Waals surface area (Å²) in [5.74, 6) is 0.808. The van der Waals surface area contributed by atoms with Gasteiger partial charge in [0.25, 0.3) is 0 Å². The van der Waals surface area contributed by atoms with Gasteiger partial charge in [0.15, 0.2) is 9.84 Å². The fraction of sp³-hybridized carbons (Fsp3) is 0.562. The van der Waals surface area contributed by atoms with Crippen LogP contribution in [0.3, 0.4) is 0 Å². The van der Waals surface area contributed by atoms with Gasteiger partial charge in [0.2, 0.25) is 0 Å². The molecule has 1 aromatic rings. The van der Waals surface area contributed by atoms with Gasteiger partial charge in [-0.2, -0.15) is 0 Å². The Morgan fingerprint density at radius 2 is 1.86 bits per heavy atom. The number of ether oxygens (including phenoxy) is 1. The zero-order valence-electron chi connectivity index (χ0n) is 12.0. The molecule has 2 saturated carbocycles. The van der Waals surface area contributed by atoms with E-state index in [4.69, 9.17) is 4.74 Å². The third-order valence-electron chi connectivity index (χ3n) is 3.94. The summed E-state index contributed by atoms with van der Waals surface area (Å²) < 4.78 is 29.6. The Morgan fingerprint density at radius 3 is 2.52 bits per heavy atom. The standard InChI is InChI=1S/C16H20O4S/c17-16(20-10-12-4-5-12)9-14-2-1-3-15(8-14)21(18,19)11-13-6-7-13/h1-3,8,12-13H,4-7,9-11H2. The third-order valence-corrected chi connectivity index (χ3v) is 5.82. The fourth-order valence-electron chi connectivity index (χ4n) is 2.25. The average molecular weight is 308 g/mol. The molecule has 1 aromatic carbocycles. The Morgan fingerprint density at radius 1 is 1.14 bits per heavy atom. The van der Waals surface area contributed by atoms with Crippen molar-refractivity contribution in [1.29, 1.82) is 0 Å². The summed E-state index contributed by atoms with van der Waals surface area (Å²) in [5.41, 5.74) is 0.702. The first-order valence-corrected chi connectivity index (χ1v) is 9.15. The maximum atomic E-state index is 12.2. The minimum Gasteiger partial charge on any atom is -0.465 e. The van der Waals surface area contributed by atoms with E-state index >= 15 is 0 Å². The maximum absolute atomic E-state index is 12.2.